The zero-order valence-corrected chi connectivity index (χ0v) is 21.8. The lowest BCUT2D eigenvalue weighted by molar-refractivity contribution is -0.148. The highest BCUT2D eigenvalue weighted by atomic mass is 16.6. The Hall–Kier alpha value is -1.27. The standard InChI is InChI=1S/C28H52O6/c1-2-3-4-5-6-7-8-9-10-11-12-13-14-15-16-17-18-19-20-21-22-33-27-25(31)26(24(30)23-29)34-28(27)32/h24,26,29-31H,2-23H2,1H3/t24-,26+/m0/s1. The molecule has 0 aromatic rings. The highest BCUT2D eigenvalue weighted by Crippen LogP contribution is 2.24. The maximum Gasteiger partial charge on any atom is 0.378 e. The lowest BCUT2D eigenvalue weighted by Crippen LogP contribution is -2.31. The smallest absolute Gasteiger partial charge is 0.378 e. The minimum atomic E-state index is -1.34. The Balaban J connectivity index is 1.82. The first-order valence-electron chi connectivity index (χ1n) is 14.2. The topological polar surface area (TPSA) is 96.2 Å². The molecule has 3 N–H and O–H groups in total. The van der Waals surface area contributed by atoms with Crippen molar-refractivity contribution in [3.63, 3.8) is 0 Å². The fourth-order valence-electron chi connectivity index (χ4n) is 4.48. The summed E-state index contributed by atoms with van der Waals surface area (Å²) in [5, 5.41) is 28.4. The third kappa shape index (κ3) is 14.2. The molecule has 1 heterocycles. The van der Waals surface area contributed by atoms with E-state index in [1.807, 2.05) is 0 Å². The van der Waals surface area contributed by atoms with Gasteiger partial charge in [-0.3, -0.25) is 0 Å². The predicted octanol–water partition coefficient (Wildman–Crippen LogP) is 6.87. The van der Waals surface area contributed by atoms with Crippen LogP contribution < -0.4 is 0 Å². The van der Waals surface area contributed by atoms with Gasteiger partial charge in [-0.25, -0.2) is 4.79 Å². The molecule has 0 fully saturated rings. The van der Waals surface area contributed by atoms with Crippen LogP contribution in [0.5, 0.6) is 0 Å². The molecule has 200 valence electrons. The fraction of sp³-hybridized carbons (Fsp3) is 0.893. The second-order valence-corrected chi connectivity index (χ2v) is 9.86. The number of aliphatic hydroxyl groups excluding tert-OH is 3. The summed E-state index contributed by atoms with van der Waals surface area (Å²) in [5.41, 5.74) is 0. The Morgan fingerprint density at radius 3 is 1.50 bits per heavy atom. The third-order valence-corrected chi connectivity index (χ3v) is 6.70. The number of carbonyl (C=O) groups is 1. The van der Waals surface area contributed by atoms with Crippen molar-refractivity contribution in [3.05, 3.63) is 11.5 Å². The largest absolute Gasteiger partial charge is 0.505 e. The van der Waals surface area contributed by atoms with Crippen LogP contribution in [-0.4, -0.2) is 46.7 Å². The molecule has 6 heteroatoms. The molecule has 1 rings (SSSR count). The zero-order valence-electron chi connectivity index (χ0n) is 21.8. The molecule has 0 radical (unpaired) electrons. The Bertz CT molecular complexity index is 533. The van der Waals surface area contributed by atoms with Gasteiger partial charge in [0.15, 0.2) is 11.9 Å². The summed E-state index contributed by atoms with van der Waals surface area (Å²) in [6, 6.07) is 0. The fourth-order valence-corrected chi connectivity index (χ4v) is 4.48. The number of esters is 1. The molecule has 0 saturated carbocycles. The molecule has 1 aliphatic heterocycles. The Kier molecular flexibility index (Phi) is 19.0. The molecule has 0 aromatic heterocycles. The van der Waals surface area contributed by atoms with Gasteiger partial charge in [0, 0.05) is 0 Å². The number of cyclic esters (lactones) is 1. The second-order valence-electron chi connectivity index (χ2n) is 9.86. The highest BCUT2D eigenvalue weighted by Gasteiger charge is 2.40. The van der Waals surface area contributed by atoms with Crippen molar-refractivity contribution in [2.45, 2.75) is 148 Å². The van der Waals surface area contributed by atoms with Gasteiger partial charge in [0.1, 0.15) is 6.10 Å². The van der Waals surface area contributed by atoms with Crippen LogP contribution in [0.2, 0.25) is 0 Å². The van der Waals surface area contributed by atoms with E-state index in [1.165, 1.54) is 109 Å². The Labute approximate surface area is 208 Å². The van der Waals surface area contributed by atoms with Gasteiger partial charge in [-0.1, -0.05) is 129 Å². The van der Waals surface area contributed by atoms with E-state index in [0.717, 1.165) is 19.3 Å². The summed E-state index contributed by atoms with van der Waals surface area (Å²) in [7, 11) is 0. The van der Waals surface area contributed by atoms with Crippen LogP contribution in [0, 0.1) is 0 Å². The maximum absolute atomic E-state index is 11.7. The molecular weight excluding hydrogens is 432 g/mol. The van der Waals surface area contributed by atoms with Gasteiger partial charge < -0.3 is 24.8 Å². The minimum absolute atomic E-state index is 0.240. The molecule has 0 saturated heterocycles. The Morgan fingerprint density at radius 2 is 1.12 bits per heavy atom. The van der Waals surface area contributed by atoms with Crippen LogP contribution in [0.15, 0.2) is 11.5 Å². The lowest BCUT2D eigenvalue weighted by Gasteiger charge is -2.13. The number of unbranched alkanes of at least 4 members (excludes halogenated alkanes) is 19. The van der Waals surface area contributed by atoms with Crippen molar-refractivity contribution < 1.29 is 29.6 Å². The molecule has 0 spiro atoms. The number of hydrogen-bond acceptors (Lipinski definition) is 6. The molecule has 2 atom stereocenters. The van der Waals surface area contributed by atoms with Crippen molar-refractivity contribution >= 4 is 5.97 Å². The summed E-state index contributed by atoms with van der Waals surface area (Å²) in [4.78, 5) is 11.7. The van der Waals surface area contributed by atoms with E-state index in [0.29, 0.717) is 6.61 Å². The quantitative estimate of drug-likeness (QED) is 0.102. The van der Waals surface area contributed by atoms with E-state index in [4.69, 9.17) is 14.6 Å². The van der Waals surface area contributed by atoms with Crippen LogP contribution >= 0.6 is 0 Å². The highest BCUT2D eigenvalue weighted by molar-refractivity contribution is 5.89. The van der Waals surface area contributed by atoms with E-state index in [-0.39, 0.29) is 5.76 Å². The SMILES string of the molecule is CCCCCCCCCCCCCCCCCCCCCCOC1=C(O)[C@@H]([C@@H](O)CO)OC1=O. The summed E-state index contributed by atoms with van der Waals surface area (Å²) in [6.07, 6.45) is 23.9. The van der Waals surface area contributed by atoms with Crippen molar-refractivity contribution in [2.75, 3.05) is 13.2 Å². The van der Waals surface area contributed by atoms with Crippen LogP contribution in [0.25, 0.3) is 0 Å². The monoisotopic (exact) mass is 484 g/mol. The Morgan fingerprint density at radius 1 is 0.735 bits per heavy atom. The van der Waals surface area contributed by atoms with Gasteiger partial charge in [-0.15, -0.1) is 0 Å². The molecule has 0 aliphatic carbocycles. The molecule has 1 aliphatic rings. The van der Waals surface area contributed by atoms with Gasteiger partial charge >= 0.3 is 5.97 Å². The third-order valence-electron chi connectivity index (χ3n) is 6.70. The number of aliphatic hydroxyl groups is 3. The normalized spacial score (nSPS) is 16.8. The number of ether oxygens (including phenoxy) is 2. The van der Waals surface area contributed by atoms with E-state index < -0.39 is 30.5 Å². The summed E-state index contributed by atoms with van der Waals surface area (Å²) < 4.78 is 10.2. The average Bonchev–Trinajstić information content (AvgIpc) is 3.12. The maximum atomic E-state index is 11.7. The zero-order chi connectivity index (χ0) is 24.9. The first-order valence-corrected chi connectivity index (χ1v) is 14.2. The first-order chi connectivity index (χ1) is 16.6. The van der Waals surface area contributed by atoms with E-state index in [2.05, 4.69) is 6.92 Å². The molecule has 0 amide bonds. The van der Waals surface area contributed by atoms with Crippen LogP contribution in [0.4, 0.5) is 0 Å². The van der Waals surface area contributed by atoms with Gasteiger partial charge in [0.05, 0.1) is 13.2 Å². The number of hydrogen-bond donors (Lipinski definition) is 3. The van der Waals surface area contributed by atoms with Crippen LogP contribution in [0.1, 0.15) is 135 Å². The van der Waals surface area contributed by atoms with Crippen LogP contribution in [0.3, 0.4) is 0 Å². The van der Waals surface area contributed by atoms with Gasteiger partial charge in [0.2, 0.25) is 5.76 Å². The summed E-state index contributed by atoms with van der Waals surface area (Å²) >= 11 is 0. The van der Waals surface area contributed by atoms with Gasteiger partial charge in [-0.05, 0) is 6.42 Å². The molecule has 34 heavy (non-hydrogen) atoms. The van der Waals surface area contributed by atoms with Gasteiger partial charge in [-0.2, -0.15) is 0 Å². The minimum Gasteiger partial charge on any atom is -0.505 e. The second kappa shape index (κ2) is 21.0. The van der Waals surface area contributed by atoms with Crippen molar-refractivity contribution in [3.8, 4) is 0 Å². The number of carbonyl (C=O) groups excluding carboxylic acids is 1. The molecule has 0 unspecified atom stereocenters. The van der Waals surface area contributed by atoms with Crippen LogP contribution in [-0.2, 0) is 14.3 Å². The van der Waals surface area contributed by atoms with Gasteiger partial charge in [0.25, 0.3) is 0 Å². The first kappa shape index (κ1) is 30.8. The number of rotatable bonds is 24. The van der Waals surface area contributed by atoms with Crippen molar-refractivity contribution in [2.24, 2.45) is 0 Å². The molecule has 0 bridgehead atoms. The molecular formula is C28H52O6. The van der Waals surface area contributed by atoms with Crippen molar-refractivity contribution in [1.82, 2.24) is 0 Å². The van der Waals surface area contributed by atoms with E-state index in [1.54, 1.807) is 0 Å². The van der Waals surface area contributed by atoms with E-state index >= 15 is 0 Å². The lowest BCUT2D eigenvalue weighted by atomic mass is 10.0. The average molecular weight is 485 g/mol. The predicted molar refractivity (Wildman–Crippen MR) is 137 cm³/mol. The molecule has 0 aromatic carbocycles. The summed E-state index contributed by atoms with van der Waals surface area (Å²) in [6.45, 7) is 2.00. The van der Waals surface area contributed by atoms with Crippen molar-refractivity contribution in [1.29, 1.82) is 0 Å². The molecule has 6 nitrogen and oxygen atoms in total. The van der Waals surface area contributed by atoms with E-state index in [9.17, 15) is 15.0 Å². The summed E-state index contributed by atoms with van der Waals surface area (Å²) in [5.74, 6) is -1.46.